The van der Waals surface area contributed by atoms with E-state index in [9.17, 15) is 14.3 Å². The van der Waals surface area contributed by atoms with Crippen molar-refractivity contribution in [3.05, 3.63) is 41.5 Å². The highest BCUT2D eigenvalue weighted by Gasteiger charge is 2.29. The van der Waals surface area contributed by atoms with Gasteiger partial charge in [-0.2, -0.15) is 5.10 Å². The zero-order chi connectivity index (χ0) is 18.7. The summed E-state index contributed by atoms with van der Waals surface area (Å²) in [4.78, 5) is 14.9. The number of aromatic nitrogens is 2. The largest absolute Gasteiger partial charge is 0.504 e. The van der Waals surface area contributed by atoms with E-state index in [4.69, 9.17) is 0 Å². The highest BCUT2D eigenvalue weighted by atomic mass is 19.1. The van der Waals surface area contributed by atoms with E-state index in [-0.39, 0.29) is 29.2 Å². The summed E-state index contributed by atoms with van der Waals surface area (Å²) in [7, 11) is 0. The van der Waals surface area contributed by atoms with Crippen LogP contribution in [-0.2, 0) is 0 Å². The minimum atomic E-state index is -0.334. The van der Waals surface area contributed by atoms with Gasteiger partial charge in [-0.1, -0.05) is 6.92 Å². The van der Waals surface area contributed by atoms with E-state index in [0.717, 1.165) is 32.4 Å². The van der Waals surface area contributed by atoms with Crippen molar-refractivity contribution < 1.29 is 14.3 Å². The van der Waals surface area contributed by atoms with Crippen molar-refractivity contribution in [2.24, 2.45) is 0 Å². The first-order valence-electron chi connectivity index (χ1n) is 9.08. The SMILES string of the molecule is CCCN(C(=O)c1nn(-c2ccc(F)cc2C)cc1O)C1CCNCC1. The number of rotatable bonds is 5. The normalized spacial score (nSPS) is 15.2. The monoisotopic (exact) mass is 360 g/mol. The quantitative estimate of drug-likeness (QED) is 0.860. The lowest BCUT2D eigenvalue weighted by Crippen LogP contribution is -2.46. The summed E-state index contributed by atoms with van der Waals surface area (Å²) in [6.07, 6.45) is 4.03. The van der Waals surface area contributed by atoms with Crippen LogP contribution >= 0.6 is 0 Å². The molecule has 140 valence electrons. The van der Waals surface area contributed by atoms with Crippen molar-refractivity contribution in [3.63, 3.8) is 0 Å². The highest BCUT2D eigenvalue weighted by Crippen LogP contribution is 2.24. The molecule has 7 heteroatoms. The molecule has 3 rings (SSSR count). The molecule has 1 aliphatic rings. The standard InChI is InChI=1S/C19H25FN4O2/c1-3-10-23(15-6-8-21-9-7-15)19(26)18-17(25)12-24(22-18)16-5-4-14(20)11-13(16)2/h4-5,11-12,15,21,25H,3,6-10H2,1-2H3. The Morgan fingerprint density at radius 3 is 2.81 bits per heavy atom. The van der Waals surface area contributed by atoms with Gasteiger partial charge in [-0.15, -0.1) is 0 Å². The third-order valence-corrected chi connectivity index (χ3v) is 4.78. The number of amides is 1. The van der Waals surface area contributed by atoms with Crippen LogP contribution in [0.1, 0.15) is 42.2 Å². The second-order valence-corrected chi connectivity index (χ2v) is 6.72. The van der Waals surface area contributed by atoms with Gasteiger partial charge in [0.05, 0.1) is 11.9 Å². The Kier molecular flexibility index (Phi) is 5.56. The van der Waals surface area contributed by atoms with Crippen LogP contribution in [-0.4, -0.2) is 51.4 Å². The summed E-state index contributed by atoms with van der Waals surface area (Å²) >= 11 is 0. The molecule has 26 heavy (non-hydrogen) atoms. The summed E-state index contributed by atoms with van der Waals surface area (Å²) in [6, 6.07) is 4.47. The van der Waals surface area contributed by atoms with Gasteiger partial charge in [0.1, 0.15) is 5.82 Å². The van der Waals surface area contributed by atoms with E-state index in [1.807, 2.05) is 11.8 Å². The summed E-state index contributed by atoms with van der Waals surface area (Å²) < 4.78 is 14.8. The van der Waals surface area contributed by atoms with Gasteiger partial charge in [0, 0.05) is 12.6 Å². The molecule has 2 aromatic rings. The van der Waals surface area contributed by atoms with Crippen molar-refractivity contribution in [1.82, 2.24) is 20.0 Å². The molecule has 1 fully saturated rings. The average molecular weight is 360 g/mol. The third kappa shape index (κ3) is 3.72. The summed E-state index contributed by atoms with van der Waals surface area (Å²) in [5.41, 5.74) is 1.35. The summed E-state index contributed by atoms with van der Waals surface area (Å²) in [5.74, 6) is -0.748. The van der Waals surface area contributed by atoms with E-state index in [1.165, 1.54) is 23.0 Å². The molecule has 6 nitrogen and oxygen atoms in total. The van der Waals surface area contributed by atoms with Crippen LogP contribution in [0.2, 0.25) is 0 Å². The Morgan fingerprint density at radius 1 is 1.42 bits per heavy atom. The molecule has 0 saturated carbocycles. The number of carbonyl (C=O) groups excluding carboxylic acids is 1. The molecule has 0 unspecified atom stereocenters. The first-order chi connectivity index (χ1) is 12.5. The molecule has 2 N–H and O–H groups in total. The minimum absolute atomic E-state index is 0.0423. The van der Waals surface area contributed by atoms with E-state index in [0.29, 0.717) is 17.8 Å². The Balaban J connectivity index is 1.90. The van der Waals surface area contributed by atoms with Gasteiger partial charge >= 0.3 is 0 Å². The molecule has 1 aromatic carbocycles. The molecular weight excluding hydrogens is 335 g/mol. The molecule has 0 radical (unpaired) electrons. The van der Waals surface area contributed by atoms with E-state index in [2.05, 4.69) is 10.4 Å². The van der Waals surface area contributed by atoms with Gasteiger partial charge in [0.25, 0.3) is 5.91 Å². The first-order valence-corrected chi connectivity index (χ1v) is 9.08. The molecule has 1 saturated heterocycles. The predicted octanol–water partition coefficient (Wildman–Crippen LogP) is 2.63. The number of nitrogens with one attached hydrogen (secondary N) is 1. The number of aryl methyl sites for hydroxylation is 1. The van der Waals surface area contributed by atoms with E-state index < -0.39 is 0 Å². The fourth-order valence-electron chi connectivity index (χ4n) is 3.46. The van der Waals surface area contributed by atoms with Crippen LogP contribution in [0.15, 0.2) is 24.4 Å². The molecule has 0 aliphatic carbocycles. The molecule has 0 spiro atoms. The van der Waals surface area contributed by atoms with E-state index in [1.54, 1.807) is 13.0 Å². The van der Waals surface area contributed by atoms with E-state index >= 15 is 0 Å². The van der Waals surface area contributed by atoms with Gasteiger partial charge in [-0.05, 0) is 63.0 Å². The topological polar surface area (TPSA) is 70.4 Å². The molecule has 0 bridgehead atoms. The first kappa shape index (κ1) is 18.4. The predicted molar refractivity (Wildman–Crippen MR) is 97.1 cm³/mol. The number of hydrogen-bond acceptors (Lipinski definition) is 4. The summed E-state index contributed by atoms with van der Waals surface area (Å²) in [5, 5.41) is 17.9. The molecular formula is C19H25FN4O2. The van der Waals surface area contributed by atoms with Crippen molar-refractivity contribution in [2.75, 3.05) is 19.6 Å². The van der Waals surface area contributed by atoms with Crippen LogP contribution in [0.5, 0.6) is 5.75 Å². The maximum absolute atomic E-state index is 13.3. The zero-order valence-electron chi connectivity index (χ0n) is 15.2. The smallest absolute Gasteiger partial charge is 0.278 e. The molecule has 1 aromatic heterocycles. The number of hydrogen-bond donors (Lipinski definition) is 2. The van der Waals surface area contributed by atoms with Gasteiger partial charge in [-0.25, -0.2) is 9.07 Å². The Labute approximate surface area is 152 Å². The zero-order valence-corrected chi connectivity index (χ0v) is 15.2. The number of carbonyl (C=O) groups is 1. The number of halogens is 1. The highest BCUT2D eigenvalue weighted by molar-refractivity contribution is 5.95. The summed E-state index contributed by atoms with van der Waals surface area (Å²) in [6.45, 7) is 6.19. The number of nitrogens with zero attached hydrogens (tertiary/aromatic N) is 3. The molecule has 1 aliphatic heterocycles. The van der Waals surface area contributed by atoms with Crippen LogP contribution in [0.3, 0.4) is 0 Å². The fraction of sp³-hybridized carbons (Fsp3) is 0.474. The Morgan fingerprint density at radius 2 is 2.15 bits per heavy atom. The third-order valence-electron chi connectivity index (χ3n) is 4.78. The van der Waals surface area contributed by atoms with Gasteiger partial charge in [0.2, 0.25) is 0 Å². The van der Waals surface area contributed by atoms with Crippen LogP contribution in [0.25, 0.3) is 5.69 Å². The molecule has 2 heterocycles. The number of piperidine rings is 1. The lowest BCUT2D eigenvalue weighted by atomic mass is 10.0. The second kappa shape index (κ2) is 7.86. The van der Waals surface area contributed by atoms with Crippen molar-refractivity contribution in [3.8, 4) is 11.4 Å². The average Bonchev–Trinajstić information content (AvgIpc) is 3.01. The van der Waals surface area contributed by atoms with Gasteiger partial charge in [0.15, 0.2) is 11.4 Å². The number of benzene rings is 1. The molecule has 1 amide bonds. The van der Waals surface area contributed by atoms with Gasteiger partial charge in [-0.3, -0.25) is 4.79 Å². The van der Waals surface area contributed by atoms with Crippen LogP contribution in [0.4, 0.5) is 4.39 Å². The molecule has 0 atom stereocenters. The second-order valence-electron chi connectivity index (χ2n) is 6.72. The Hall–Kier alpha value is -2.41. The lowest BCUT2D eigenvalue weighted by Gasteiger charge is -2.34. The van der Waals surface area contributed by atoms with Crippen molar-refractivity contribution >= 4 is 5.91 Å². The van der Waals surface area contributed by atoms with Crippen LogP contribution < -0.4 is 5.32 Å². The maximum Gasteiger partial charge on any atom is 0.278 e. The maximum atomic E-state index is 13.3. The Bertz CT molecular complexity index is 784. The fourth-order valence-corrected chi connectivity index (χ4v) is 3.46. The lowest BCUT2D eigenvalue weighted by molar-refractivity contribution is 0.0633. The van der Waals surface area contributed by atoms with Crippen molar-refractivity contribution in [1.29, 1.82) is 0 Å². The van der Waals surface area contributed by atoms with Crippen molar-refractivity contribution in [2.45, 2.75) is 39.2 Å². The van der Waals surface area contributed by atoms with Gasteiger partial charge < -0.3 is 15.3 Å². The number of aromatic hydroxyl groups is 1. The minimum Gasteiger partial charge on any atom is -0.504 e. The van der Waals surface area contributed by atoms with Crippen LogP contribution in [0, 0.1) is 12.7 Å².